The van der Waals surface area contributed by atoms with E-state index in [0.29, 0.717) is 18.2 Å². The number of hydrogen-bond donors (Lipinski definition) is 1. The summed E-state index contributed by atoms with van der Waals surface area (Å²) < 4.78 is 0. The highest BCUT2D eigenvalue weighted by atomic mass is 16.1. The quantitative estimate of drug-likeness (QED) is 0.840. The summed E-state index contributed by atoms with van der Waals surface area (Å²) in [5.41, 5.74) is 2.56. The van der Waals surface area contributed by atoms with Crippen LogP contribution in [0.2, 0.25) is 0 Å². The number of para-hydroxylation sites is 1. The van der Waals surface area contributed by atoms with E-state index < -0.39 is 0 Å². The molecule has 4 nitrogen and oxygen atoms in total. The smallest absolute Gasteiger partial charge is 0.269 e. The number of nitrogens with one attached hydrogen (secondary N) is 1. The Balaban J connectivity index is 2.05. The standard InChI is InChI=1S/C19H25N3O/c1-4-22(16-8-6-5-7-9-16)17-10-11-18(21-14-17)19(23)20-13-12-15(2)3/h5-11,14-15H,4,12-13H2,1-3H3,(H,20,23). The minimum Gasteiger partial charge on any atom is -0.351 e. The normalized spacial score (nSPS) is 10.6. The van der Waals surface area contributed by atoms with Crippen LogP contribution in [0.1, 0.15) is 37.7 Å². The van der Waals surface area contributed by atoms with Gasteiger partial charge in [-0.05, 0) is 43.5 Å². The molecule has 1 heterocycles. The van der Waals surface area contributed by atoms with Gasteiger partial charge in [0.1, 0.15) is 5.69 Å². The number of carbonyl (C=O) groups excluding carboxylic acids is 1. The van der Waals surface area contributed by atoms with Crippen LogP contribution in [0.4, 0.5) is 11.4 Å². The van der Waals surface area contributed by atoms with E-state index in [4.69, 9.17) is 0 Å². The van der Waals surface area contributed by atoms with Gasteiger partial charge < -0.3 is 10.2 Å². The van der Waals surface area contributed by atoms with E-state index >= 15 is 0 Å². The Hall–Kier alpha value is -2.36. The summed E-state index contributed by atoms with van der Waals surface area (Å²) in [5.74, 6) is 0.467. The highest BCUT2D eigenvalue weighted by molar-refractivity contribution is 5.92. The number of rotatable bonds is 7. The van der Waals surface area contributed by atoms with Crippen molar-refractivity contribution in [2.75, 3.05) is 18.0 Å². The molecule has 1 aromatic carbocycles. The van der Waals surface area contributed by atoms with Gasteiger partial charge in [0.25, 0.3) is 5.91 Å². The first-order chi connectivity index (χ1) is 11.1. The van der Waals surface area contributed by atoms with Crippen molar-refractivity contribution < 1.29 is 4.79 Å². The third-order valence-corrected chi connectivity index (χ3v) is 3.68. The zero-order valence-electron chi connectivity index (χ0n) is 14.1. The van der Waals surface area contributed by atoms with Crippen molar-refractivity contribution in [1.82, 2.24) is 10.3 Å². The van der Waals surface area contributed by atoms with Gasteiger partial charge in [0.2, 0.25) is 0 Å². The van der Waals surface area contributed by atoms with Crippen molar-refractivity contribution in [3.05, 3.63) is 54.4 Å². The zero-order valence-corrected chi connectivity index (χ0v) is 14.1. The number of nitrogens with zero attached hydrogens (tertiary/aromatic N) is 2. The van der Waals surface area contributed by atoms with Crippen molar-refractivity contribution in [2.45, 2.75) is 27.2 Å². The lowest BCUT2D eigenvalue weighted by Gasteiger charge is -2.23. The Morgan fingerprint density at radius 1 is 1.13 bits per heavy atom. The minimum atomic E-state index is -0.111. The average molecular weight is 311 g/mol. The molecule has 4 heteroatoms. The highest BCUT2D eigenvalue weighted by Crippen LogP contribution is 2.23. The first-order valence-electron chi connectivity index (χ1n) is 8.18. The SMILES string of the molecule is CCN(c1ccccc1)c1ccc(C(=O)NCCC(C)C)nc1. The minimum absolute atomic E-state index is 0.111. The van der Waals surface area contributed by atoms with E-state index in [9.17, 15) is 4.79 Å². The molecule has 1 aromatic heterocycles. The van der Waals surface area contributed by atoms with Crippen LogP contribution in [0, 0.1) is 5.92 Å². The van der Waals surface area contributed by atoms with Crippen molar-refractivity contribution in [3.8, 4) is 0 Å². The molecule has 0 fully saturated rings. The number of carbonyl (C=O) groups is 1. The summed E-state index contributed by atoms with van der Waals surface area (Å²) in [6.45, 7) is 7.90. The van der Waals surface area contributed by atoms with E-state index in [-0.39, 0.29) is 5.91 Å². The predicted molar refractivity (Wildman–Crippen MR) is 95.1 cm³/mol. The molecule has 23 heavy (non-hydrogen) atoms. The van der Waals surface area contributed by atoms with Crippen molar-refractivity contribution in [1.29, 1.82) is 0 Å². The fraction of sp³-hybridized carbons (Fsp3) is 0.368. The number of anilines is 2. The fourth-order valence-electron chi connectivity index (χ4n) is 2.37. The van der Waals surface area contributed by atoms with Gasteiger partial charge in [-0.15, -0.1) is 0 Å². The fourth-order valence-corrected chi connectivity index (χ4v) is 2.37. The first kappa shape index (κ1) is 17.0. The van der Waals surface area contributed by atoms with Gasteiger partial charge in [-0.2, -0.15) is 0 Å². The maximum absolute atomic E-state index is 12.1. The Kier molecular flexibility index (Phi) is 6.15. The number of pyridine rings is 1. The van der Waals surface area contributed by atoms with Crippen LogP contribution >= 0.6 is 0 Å². The molecule has 122 valence electrons. The molecule has 2 rings (SSSR count). The van der Waals surface area contributed by atoms with Gasteiger partial charge in [0.05, 0.1) is 11.9 Å². The summed E-state index contributed by atoms with van der Waals surface area (Å²) >= 11 is 0. The summed E-state index contributed by atoms with van der Waals surface area (Å²) in [6.07, 6.45) is 2.73. The molecule has 0 radical (unpaired) electrons. The molecule has 0 atom stereocenters. The van der Waals surface area contributed by atoms with Gasteiger partial charge in [-0.25, -0.2) is 4.98 Å². The average Bonchev–Trinajstić information content (AvgIpc) is 2.57. The van der Waals surface area contributed by atoms with Gasteiger partial charge >= 0.3 is 0 Å². The molecule has 0 aliphatic carbocycles. The first-order valence-corrected chi connectivity index (χ1v) is 8.18. The zero-order chi connectivity index (χ0) is 16.7. The van der Waals surface area contributed by atoms with Gasteiger partial charge in [0.15, 0.2) is 0 Å². The Labute approximate surface area is 138 Å². The van der Waals surface area contributed by atoms with E-state index in [2.05, 4.69) is 48.1 Å². The van der Waals surface area contributed by atoms with Crippen LogP contribution < -0.4 is 10.2 Å². The predicted octanol–water partition coefficient (Wildman–Crippen LogP) is 4.02. The molecule has 0 saturated heterocycles. The lowest BCUT2D eigenvalue weighted by atomic mass is 10.1. The number of aromatic nitrogens is 1. The monoisotopic (exact) mass is 311 g/mol. The second kappa shape index (κ2) is 8.32. The van der Waals surface area contributed by atoms with Crippen LogP contribution in [0.3, 0.4) is 0 Å². The van der Waals surface area contributed by atoms with Crippen molar-refractivity contribution >= 4 is 17.3 Å². The third-order valence-electron chi connectivity index (χ3n) is 3.68. The summed E-state index contributed by atoms with van der Waals surface area (Å²) in [5, 5.41) is 2.91. The second-order valence-corrected chi connectivity index (χ2v) is 5.92. The van der Waals surface area contributed by atoms with E-state index in [1.54, 1.807) is 12.3 Å². The largest absolute Gasteiger partial charge is 0.351 e. The summed E-state index contributed by atoms with van der Waals surface area (Å²) in [7, 11) is 0. The van der Waals surface area contributed by atoms with Crippen LogP contribution in [0.15, 0.2) is 48.7 Å². The Morgan fingerprint density at radius 2 is 1.87 bits per heavy atom. The molecule has 2 aromatic rings. The lowest BCUT2D eigenvalue weighted by Crippen LogP contribution is -2.26. The van der Waals surface area contributed by atoms with Crippen LogP contribution in [-0.2, 0) is 0 Å². The molecule has 0 spiro atoms. The lowest BCUT2D eigenvalue weighted by molar-refractivity contribution is 0.0947. The number of benzene rings is 1. The molecule has 1 amide bonds. The maximum atomic E-state index is 12.1. The molecule has 0 saturated carbocycles. The van der Waals surface area contributed by atoms with Gasteiger partial charge in [-0.3, -0.25) is 4.79 Å². The maximum Gasteiger partial charge on any atom is 0.269 e. The van der Waals surface area contributed by atoms with Crippen LogP contribution in [0.5, 0.6) is 0 Å². The summed E-state index contributed by atoms with van der Waals surface area (Å²) in [6, 6.07) is 13.9. The number of amides is 1. The van der Waals surface area contributed by atoms with Crippen LogP contribution in [-0.4, -0.2) is 24.0 Å². The third kappa shape index (κ3) is 4.81. The Morgan fingerprint density at radius 3 is 2.43 bits per heavy atom. The second-order valence-electron chi connectivity index (χ2n) is 5.92. The highest BCUT2D eigenvalue weighted by Gasteiger charge is 2.10. The number of hydrogen-bond acceptors (Lipinski definition) is 3. The molecular formula is C19H25N3O. The van der Waals surface area contributed by atoms with Crippen LogP contribution in [0.25, 0.3) is 0 Å². The topological polar surface area (TPSA) is 45.2 Å². The van der Waals surface area contributed by atoms with Crippen molar-refractivity contribution in [3.63, 3.8) is 0 Å². The van der Waals surface area contributed by atoms with Gasteiger partial charge in [0, 0.05) is 18.8 Å². The van der Waals surface area contributed by atoms with Gasteiger partial charge in [-0.1, -0.05) is 32.0 Å². The molecule has 0 aliphatic heterocycles. The molecule has 0 unspecified atom stereocenters. The Bertz CT molecular complexity index is 608. The molecule has 0 aliphatic rings. The van der Waals surface area contributed by atoms with E-state index in [1.165, 1.54) is 0 Å². The van der Waals surface area contributed by atoms with E-state index in [0.717, 1.165) is 24.3 Å². The molecular weight excluding hydrogens is 286 g/mol. The molecule has 1 N–H and O–H groups in total. The molecule has 0 bridgehead atoms. The summed E-state index contributed by atoms with van der Waals surface area (Å²) in [4.78, 5) is 18.5. The van der Waals surface area contributed by atoms with Crippen molar-refractivity contribution in [2.24, 2.45) is 5.92 Å². The van der Waals surface area contributed by atoms with E-state index in [1.807, 2.05) is 24.3 Å².